The lowest BCUT2D eigenvalue weighted by molar-refractivity contribution is 0.553. The minimum atomic E-state index is -0.385. The van der Waals surface area contributed by atoms with Crippen LogP contribution in [0.25, 0.3) is 11.0 Å². The zero-order valence-electron chi connectivity index (χ0n) is 15.3. The van der Waals surface area contributed by atoms with E-state index < -0.39 is 0 Å². The molecule has 0 amide bonds. The van der Waals surface area contributed by atoms with Crippen molar-refractivity contribution >= 4 is 42.9 Å². The molecule has 1 heterocycles. The third-order valence-electron chi connectivity index (χ3n) is 4.67. The van der Waals surface area contributed by atoms with E-state index in [1.54, 1.807) is 9.13 Å². The molecule has 2 rings (SSSR count). The number of halogens is 2. The van der Waals surface area contributed by atoms with Crippen LogP contribution in [0, 0.1) is 0 Å². The molecule has 0 spiro atoms. The van der Waals surface area contributed by atoms with E-state index in [0.717, 1.165) is 73.1 Å². The van der Waals surface area contributed by atoms with Crippen LogP contribution >= 0.6 is 31.9 Å². The van der Waals surface area contributed by atoms with Crippen molar-refractivity contribution in [1.82, 2.24) is 9.13 Å². The van der Waals surface area contributed by atoms with Crippen molar-refractivity contribution in [2.75, 3.05) is 10.7 Å². The van der Waals surface area contributed by atoms with Crippen molar-refractivity contribution in [2.45, 2.75) is 64.5 Å². The first-order chi connectivity index (χ1) is 12.7. The van der Waals surface area contributed by atoms with Crippen molar-refractivity contribution in [3.8, 4) is 0 Å². The van der Waals surface area contributed by atoms with E-state index in [1.807, 2.05) is 24.3 Å². The minimum Gasteiger partial charge on any atom is -0.302 e. The van der Waals surface area contributed by atoms with Gasteiger partial charge in [-0.1, -0.05) is 69.7 Å². The molecule has 0 fully saturated rings. The van der Waals surface area contributed by atoms with Crippen LogP contribution in [0.3, 0.4) is 0 Å². The maximum Gasteiger partial charge on any atom is 0.316 e. The van der Waals surface area contributed by atoms with E-state index in [1.165, 1.54) is 0 Å². The van der Waals surface area contributed by atoms with Crippen molar-refractivity contribution in [3.63, 3.8) is 0 Å². The number of hydrogen-bond donors (Lipinski definition) is 0. The van der Waals surface area contributed by atoms with Gasteiger partial charge in [-0.15, -0.1) is 0 Å². The Labute approximate surface area is 171 Å². The number of aryl methyl sites for hydroxylation is 2. The third kappa shape index (κ3) is 5.81. The molecule has 1 aromatic carbocycles. The van der Waals surface area contributed by atoms with Gasteiger partial charge in [-0.3, -0.25) is 9.59 Å². The Morgan fingerprint density at radius 3 is 1.38 bits per heavy atom. The van der Waals surface area contributed by atoms with E-state index in [-0.39, 0.29) is 11.1 Å². The number of alkyl halides is 2. The average molecular weight is 488 g/mol. The first-order valence-electron chi connectivity index (χ1n) is 9.55. The first kappa shape index (κ1) is 21.4. The molecule has 0 N–H and O–H groups in total. The summed E-state index contributed by atoms with van der Waals surface area (Å²) in [6.07, 6.45) is 8.57. The fourth-order valence-electron chi connectivity index (χ4n) is 3.25. The van der Waals surface area contributed by atoms with Gasteiger partial charge in [0.25, 0.3) is 0 Å². The van der Waals surface area contributed by atoms with Crippen LogP contribution in [0.1, 0.15) is 51.4 Å². The molecule has 0 saturated heterocycles. The summed E-state index contributed by atoms with van der Waals surface area (Å²) in [5.74, 6) is 0. The minimum absolute atomic E-state index is 0.385. The molecule has 144 valence electrons. The van der Waals surface area contributed by atoms with E-state index in [9.17, 15) is 9.59 Å². The van der Waals surface area contributed by atoms with Crippen LogP contribution in [0.4, 0.5) is 0 Å². The summed E-state index contributed by atoms with van der Waals surface area (Å²) in [6.45, 7) is 1.23. The molecular formula is C20H28Br2N2O2. The molecule has 0 aliphatic rings. The van der Waals surface area contributed by atoms with Gasteiger partial charge in [0.1, 0.15) is 0 Å². The molecule has 0 aliphatic carbocycles. The Balaban J connectivity index is 2.21. The standard InChI is InChI=1S/C20H28Br2N2O2/c21-13-7-1-3-9-15-23-17-11-5-6-12-18(17)24(20(26)19(23)25)16-10-4-2-8-14-22/h5-6,11-12H,1-4,7-10,13-16H2. The summed E-state index contributed by atoms with van der Waals surface area (Å²) in [4.78, 5) is 25.3. The molecule has 0 radical (unpaired) electrons. The van der Waals surface area contributed by atoms with Crippen molar-refractivity contribution in [3.05, 3.63) is 45.0 Å². The van der Waals surface area contributed by atoms with E-state index in [0.29, 0.717) is 13.1 Å². The second kappa shape index (κ2) is 11.8. The van der Waals surface area contributed by atoms with Gasteiger partial charge in [-0.05, 0) is 37.8 Å². The van der Waals surface area contributed by atoms with E-state index in [2.05, 4.69) is 31.9 Å². The molecule has 2 aromatic rings. The molecule has 1 aromatic heterocycles. The van der Waals surface area contributed by atoms with E-state index in [4.69, 9.17) is 0 Å². The van der Waals surface area contributed by atoms with Gasteiger partial charge in [-0.25, -0.2) is 0 Å². The Morgan fingerprint density at radius 2 is 1.00 bits per heavy atom. The zero-order valence-corrected chi connectivity index (χ0v) is 18.4. The van der Waals surface area contributed by atoms with Gasteiger partial charge in [0, 0.05) is 23.7 Å². The highest BCUT2D eigenvalue weighted by molar-refractivity contribution is 9.09. The molecule has 26 heavy (non-hydrogen) atoms. The summed E-state index contributed by atoms with van der Waals surface area (Å²) in [5.41, 5.74) is 0.977. The number of hydrogen-bond acceptors (Lipinski definition) is 2. The van der Waals surface area contributed by atoms with Crippen LogP contribution in [0.15, 0.2) is 33.9 Å². The first-order valence-corrected chi connectivity index (χ1v) is 11.8. The van der Waals surface area contributed by atoms with Crippen molar-refractivity contribution in [1.29, 1.82) is 0 Å². The van der Waals surface area contributed by atoms with Gasteiger partial charge in [0.15, 0.2) is 0 Å². The van der Waals surface area contributed by atoms with Gasteiger partial charge in [0.2, 0.25) is 0 Å². The number of fused-ring (bicyclic) bond motifs is 1. The highest BCUT2D eigenvalue weighted by atomic mass is 79.9. The smallest absolute Gasteiger partial charge is 0.302 e. The summed E-state index contributed by atoms with van der Waals surface area (Å²) >= 11 is 6.88. The Hall–Kier alpha value is -0.880. The number of para-hydroxylation sites is 2. The largest absolute Gasteiger partial charge is 0.316 e. The lowest BCUT2D eigenvalue weighted by Gasteiger charge is -2.15. The lowest BCUT2D eigenvalue weighted by atomic mass is 10.2. The molecule has 0 unspecified atom stereocenters. The summed E-state index contributed by atoms with van der Waals surface area (Å²) < 4.78 is 3.35. The fourth-order valence-corrected chi connectivity index (χ4v) is 4.04. The van der Waals surface area contributed by atoms with E-state index >= 15 is 0 Å². The summed E-state index contributed by atoms with van der Waals surface area (Å²) in [7, 11) is 0. The Morgan fingerprint density at radius 1 is 0.615 bits per heavy atom. The van der Waals surface area contributed by atoms with Gasteiger partial charge < -0.3 is 9.13 Å². The van der Waals surface area contributed by atoms with Gasteiger partial charge in [-0.2, -0.15) is 0 Å². The molecular weight excluding hydrogens is 460 g/mol. The number of aromatic nitrogens is 2. The van der Waals surface area contributed by atoms with Crippen LogP contribution < -0.4 is 11.1 Å². The molecule has 0 bridgehead atoms. The molecule has 0 atom stereocenters. The molecule has 0 aliphatic heterocycles. The predicted molar refractivity (Wildman–Crippen MR) is 117 cm³/mol. The quantitative estimate of drug-likeness (QED) is 0.238. The van der Waals surface area contributed by atoms with Crippen molar-refractivity contribution in [2.24, 2.45) is 0 Å². The monoisotopic (exact) mass is 486 g/mol. The predicted octanol–water partition coefficient (Wildman–Crippen LogP) is 5.07. The fraction of sp³-hybridized carbons (Fsp3) is 0.600. The molecule has 4 nitrogen and oxygen atoms in total. The third-order valence-corrected chi connectivity index (χ3v) is 5.79. The zero-order chi connectivity index (χ0) is 18.8. The lowest BCUT2D eigenvalue weighted by Crippen LogP contribution is -2.41. The van der Waals surface area contributed by atoms with Gasteiger partial charge >= 0.3 is 11.1 Å². The molecule has 0 saturated carbocycles. The van der Waals surface area contributed by atoms with Crippen LogP contribution in [-0.2, 0) is 13.1 Å². The number of benzene rings is 1. The highest BCUT2D eigenvalue weighted by Crippen LogP contribution is 2.13. The normalized spacial score (nSPS) is 11.3. The topological polar surface area (TPSA) is 44.0 Å². The Bertz CT molecular complexity index is 732. The number of nitrogens with zero attached hydrogens (tertiary/aromatic N) is 2. The van der Waals surface area contributed by atoms with Gasteiger partial charge in [0.05, 0.1) is 11.0 Å². The number of rotatable bonds is 12. The maximum absolute atomic E-state index is 12.7. The molecule has 6 heteroatoms. The van der Waals surface area contributed by atoms with Crippen LogP contribution in [0.2, 0.25) is 0 Å². The van der Waals surface area contributed by atoms with Crippen LogP contribution in [-0.4, -0.2) is 19.8 Å². The second-order valence-corrected chi connectivity index (χ2v) is 8.19. The average Bonchev–Trinajstić information content (AvgIpc) is 2.66. The highest BCUT2D eigenvalue weighted by Gasteiger charge is 2.12. The summed E-state index contributed by atoms with van der Waals surface area (Å²) in [5, 5.41) is 2.03. The maximum atomic E-state index is 12.7. The SMILES string of the molecule is O=c1c(=O)n(CCCCCCBr)c2ccccc2n1CCCCCCBr. The van der Waals surface area contributed by atoms with Crippen LogP contribution in [0.5, 0.6) is 0 Å². The summed E-state index contributed by atoms with van der Waals surface area (Å²) in [6, 6.07) is 7.79. The Kier molecular flexibility index (Phi) is 9.68. The second-order valence-electron chi connectivity index (χ2n) is 6.61. The van der Waals surface area contributed by atoms with Crippen molar-refractivity contribution < 1.29 is 0 Å². The number of unbranched alkanes of at least 4 members (excludes halogenated alkanes) is 6.